The normalized spacial score (nSPS) is 12.2. The van der Waals surface area contributed by atoms with Crippen molar-refractivity contribution in [3.05, 3.63) is 29.8 Å². The molecule has 0 spiro atoms. The molecule has 0 amide bonds. The summed E-state index contributed by atoms with van der Waals surface area (Å²) in [6.45, 7) is 1.39. The summed E-state index contributed by atoms with van der Waals surface area (Å²) in [5.74, 6) is 0.122. The molecule has 0 fully saturated rings. The Morgan fingerprint density at radius 2 is 2.33 bits per heavy atom. The van der Waals surface area contributed by atoms with Crippen LogP contribution in [0.25, 0.3) is 0 Å². The third kappa shape index (κ3) is 3.69. The molecule has 1 atom stereocenters. The number of carbonyl (C=O) groups is 1. The third-order valence-electron chi connectivity index (χ3n) is 1.99. The fourth-order valence-electron chi connectivity index (χ4n) is 1.28. The van der Waals surface area contributed by atoms with Gasteiger partial charge < -0.3 is 15.6 Å². The van der Waals surface area contributed by atoms with Crippen LogP contribution in [0.5, 0.6) is 5.75 Å². The Balaban J connectivity index is 2.77. The summed E-state index contributed by atoms with van der Waals surface area (Å²) in [7, 11) is 0. The molecule has 0 saturated carbocycles. The molecule has 82 valence electrons. The number of esters is 1. The van der Waals surface area contributed by atoms with Crippen LogP contribution in [0.3, 0.4) is 0 Å². The van der Waals surface area contributed by atoms with Gasteiger partial charge in [-0.3, -0.25) is 4.79 Å². The number of rotatable bonds is 4. The molecule has 15 heavy (non-hydrogen) atoms. The van der Waals surface area contributed by atoms with E-state index in [1.807, 2.05) is 6.07 Å². The zero-order valence-corrected chi connectivity index (χ0v) is 8.64. The first-order valence-corrected chi connectivity index (χ1v) is 4.78. The molecule has 0 bridgehead atoms. The van der Waals surface area contributed by atoms with Gasteiger partial charge in [0.1, 0.15) is 5.75 Å². The lowest BCUT2D eigenvalue weighted by Gasteiger charge is -2.11. The summed E-state index contributed by atoms with van der Waals surface area (Å²) < 4.78 is 4.93. The summed E-state index contributed by atoms with van der Waals surface area (Å²) in [6, 6.07) is 6.78. The van der Waals surface area contributed by atoms with Crippen molar-refractivity contribution in [3.8, 4) is 5.75 Å². The molecule has 4 heteroatoms. The number of hydrogen-bond donors (Lipinski definition) is 2. The number of ether oxygens (including phenoxy) is 1. The lowest BCUT2D eigenvalue weighted by atomic mass is 10.1. The van der Waals surface area contributed by atoms with Crippen molar-refractivity contribution in [2.45, 2.75) is 19.4 Å². The molecule has 0 aliphatic rings. The van der Waals surface area contributed by atoms with Crippen molar-refractivity contribution in [2.24, 2.45) is 5.73 Å². The molecule has 0 aliphatic carbocycles. The monoisotopic (exact) mass is 209 g/mol. The van der Waals surface area contributed by atoms with Crippen LogP contribution in [-0.2, 0) is 4.79 Å². The standard InChI is InChI=1S/C11H15NO3/c1-8(14)15-10-4-2-3-9(7-10)11(12)5-6-13/h2-4,7,11,13H,5-6,12H2,1H3/t11-/m0/s1. The molecule has 0 aliphatic heterocycles. The highest BCUT2D eigenvalue weighted by Crippen LogP contribution is 2.19. The molecular weight excluding hydrogens is 194 g/mol. The average molecular weight is 209 g/mol. The van der Waals surface area contributed by atoms with E-state index in [1.165, 1.54) is 6.92 Å². The second-order valence-electron chi connectivity index (χ2n) is 3.28. The highest BCUT2D eigenvalue weighted by molar-refractivity contribution is 5.69. The lowest BCUT2D eigenvalue weighted by molar-refractivity contribution is -0.131. The van der Waals surface area contributed by atoms with E-state index in [4.69, 9.17) is 15.6 Å². The van der Waals surface area contributed by atoms with Gasteiger partial charge in [0.2, 0.25) is 0 Å². The summed E-state index contributed by atoms with van der Waals surface area (Å²) in [4.78, 5) is 10.7. The minimum absolute atomic E-state index is 0.0406. The number of carbonyl (C=O) groups excluding carboxylic acids is 1. The molecular formula is C11H15NO3. The van der Waals surface area contributed by atoms with Crippen LogP contribution in [-0.4, -0.2) is 17.7 Å². The Kier molecular flexibility index (Phi) is 4.27. The average Bonchev–Trinajstić information content (AvgIpc) is 2.17. The molecule has 1 aromatic carbocycles. The van der Waals surface area contributed by atoms with Crippen molar-refractivity contribution >= 4 is 5.97 Å². The smallest absolute Gasteiger partial charge is 0.308 e. The SMILES string of the molecule is CC(=O)Oc1cccc([C@@H](N)CCO)c1. The van der Waals surface area contributed by atoms with Gasteiger partial charge in [0.25, 0.3) is 0 Å². The zero-order chi connectivity index (χ0) is 11.3. The van der Waals surface area contributed by atoms with Crippen LogP contribution >= 0.6 is 0 Å². The van der Waals surface area contributed by atoms with E-state index in [1.54, 1.807) is 18.2 Å². The Morgan fingerprint density at radius 1 is 1.60 bits per heavy atom. The topological polar surface area (TPSA) is 72.5 Å². The molecule has 0 saturated heterocycles. The van der Waals surface area contributed by atoms with E-state index in [0.29, 0.717) is 12.2 Å². The van der Waals surface area contributed by atoms with Gasteiger partial charge in [0.15, 0.2) is 0 Å². The largest absolute Gasteiger partial charge is 0.427 e. The quantitative estimate of drug-likeness (QED) is 0.573. The maximum Gasteiger partial charge on any atom is 0.308 e. The molecule has 0 unspecified atom stereocenters. The van der Waals surface area contributed by atoms with Gasteiger partial charge >= 0.3 is 5.97 Å². The van der Waals surface area contributed by atoms with Gasteiger partial charge in [-0.2, -0.15) is 0 Å². The third-order valence-corrected chi connectivity index (χ3v) is 1.99. The fourth-order valence-corrected chi connectivity index (χ4v) is 1.28. The molecule has 4 nitrogen and oxygen atoms in total. The van der Waals surface area contributed by atoms with Crippen LogP contribution in [0, 0.1) is 0 Å². The minimum Gasteiger partial charge on any atom is -0.427 e. The van der Waals surface area contributed by atoms with Crippen molar-refractivity contribution < 1.29 is 14.6 Å². The van der Waals surface area contributed by atoms with Gasteiger partial charge in [0, 0.05) is 19.6 Å². The Morgan fingerprint density at radius 3 is 2.93 bits per heavy atom. The van der Waals surface area contributed by atoms with Gasteiger partial charge in [-0.15, -0.1) is 0 Å². The molecule has 1 rings (SSSR count). The van der Waals surface area contributed by atoms with E-state index in [2.05, 4.69) is 0 Å². The Bertz CT molecular complexity index is 338. The number of aliphatic hydroxyl groups is 1. The number of hydrogen-bond acceptors (Lipinski definition) is 4. The highest BCUT2D eigenvalue weighted by atomic mass is 16.5. The van der Waals surface area contributed by atoms with E-state index < -0.39 is 0 Å². The van der Waals surface area contributed by atoms with Crippen molar-refractivity contribution in [2.75, 3.05) is 6.61 Å². The number of aliphatic hydroxyl groups excluding tert-OH is 1. The zero-order valence-electron chi connectivity index (χ0n) is 8.64. The van der Waals surface area contributed by atoms with E-state index in [-0.39, 0.29) is 18.6 Å². The van der Waals surface area contributed by atoms with E-state index in [9.17, 15) is 4.79 Å². The molecule has 0 radical (unpaired) electrons. The molecule has 0 aromatic heterocycles. The van der Waals surface area contributed by atoms with Gasteiger partial charge in [-0.25, -0.2) is 0 Å². The maximum absolute atomic E-state index is 10.7. The maximum atomic E-state index is 10.7. The predicted octanol–water partition coefficient (Wildman–Crippen LogP) is 0.994. The highest BCUT2D eigenvalue weighted by Gasteiger charge is 2.06. The lowest BCUT2D eigenvalue weighted by Crippen LogP contribution is -2.12. The molecule has 1 aromatic rings. The first kappa shape index (κ1) is 11.7. The van der Waals surface area contributed by atoms with Crippen LogP contribution in [0.1, 0.15) is 24.9 Å². The Hall–Kier alpha value is -1.39. The first-order valence-electron chi connectivity index (χ1n) is 4.78. The van der Waals surface area contributed by atoms with Crippen molar-refractivity contribution in [1.29, 1.82) is 0 Å². The summed E-state index contributed by atoms with van der Waals surface area (Å²) >= 11 is 0. The van der Waals surface area contributed by atoms with E-state index >= 15 is 0 Å². The summed E-state index contributed by atoms with van der Waals surface area (Å²) in [6.07, 6.45) is 0.490. The van der Waals surface area contributed by atoms with Crippen LogP contribution in [0.15, 0.2) is 24.3 Å². The number of benzene rings is 1. The second-order valence-corrected chi connectivity index (χ2v) is 3.28. The second kappa shape index (κ2) is 5.48. The van der Waals surface area contributed by atoms with Gasteiger partial charge in [0.05, 0.1) is 0 Å². The van der Waals surface area contributed by atoms with Crippen LogP contribution in [0.2, 0.25) is 0 Å². The summed E-state index contributed by atoms with van der Waals surface area (Å²) in [5, 5.41) is 8.75. The minimum atomic E-state index is -0.358. The van der Waals surface area contributed by atoms with Crippen LogP contribution < -0.4 is 10.5 Å². The van der Waals surface area contributed by atoms with E-state index in [0.717, 1.165) is 5.56 Å². The first-order chi connectivity index (χ1) is 7.13. The Labute approximate surface area is 88.7 Å². The fraction of sp³-hybridized carbons (Fsp3) is 0.364. The molecule has 3 N–H and O–H groups in total. The summed E-state index contributed by atoms with van der Waals surface area (Å²) in [5.41, 5.74) is 6.65. The van der Waals surface area contributed by atoms with Gasteiger partial charge in [-0.05, 0) is 24.1 Å². The molecule has 0 heterocycles. The predicted molar refractivity (Wildman–Crippen MR) is 56.4 cm³/mol. The van der Waals surface area contributed by atoms with Crippen LogP contribution in [0.4, 0.5) is 0 Å². The number of nitrogens with two attached hydrogens (primary N) is 1. The van der Waals surface area contributed by atoms with Crippen molar-refractivity contribution in [1.82, 2.24) is 0 Å². The van der Waals surface area contributed by atoms with Gasteiger partial charge in [-0.1, -0.05) is 12.1 Å². The van der Waals surface area contributed by atoms with Crippen molar-refractivity contribution in [3.63, 3.8) is 0 Å².